The average Bonchev–Trinajstić information content (AvgIpc) is 2.60. The van der Waals surface area contributed by atoms with Crippen molar-refractivity contribution in [1.29, 1.82) is 0 Å². The van der Waals surface area contributed by atoms with E-state index in [1.807, 2.05) is 6.92 Å². The third kappa shape index (κ3) is 3.36. The Morgan fingerprint density at radius 2 is 1.89 bits per heavy atom. The van der Waals surface area contributed by atoms with Crippen molar-refractivity contribution >= 4 is 22.7 Å². The van der Waals surface area contributed by atoms with Gasteiger partial charge in [0.25, 0.3) is 0 Å². The normalized spacial score (nSPS) is 21.8. The van der Waals surface area contributed by atoms with Crippen LogP contribution in [0.5, 0.6) is 5.75 Å². The molecule has 0 radical (unpaired) electrons. The molecule has 2 heterocycles. The first-order chi connectivity index (χ1) is 12.7. The molecule has 0 bridgehead atoms. The zero-order valence-electron chi connectivity index (χ0n) is 16.2. The number of rotatable bonds is 4. The number of hydrogen-bond acceptors (Lipinski definition) is 6. The van der Waals surface area contributed by atoms with Crippen LogP contribution in [0, 0.1) is 5.92 Å². The van der Waals surface area contributed by atoms with Crippen LogP contribution in [0.15, 0.2) is 33.5 Å². The zero-order chi connectivity index (χ0) is 19.9. The number of Topliss-reactive ketones (excluding diaryl/α,β-unsaturated/α-hetero) is 1. The number of fused-ring (bicyclic) bond motifs is 3. The molecule has 3 atom stereocenters. The molecule has 144 valence electrons. The van der Waals surface area contributed by atoms with Gasteiger partial charge >= 0.3 is 11.6 Å². The Labute approximate surface area is 157 Å². The lowest BCUT2D eigenvalue weighted by Gasteiger charge is -2.43. The van der Waals surface area contributed by atoms with E-state index in [-0.39, 0.29) is 17.7 Å². The van der Waals surface area contributed by atoms with Crippen molar-refractivity contribution in [2.75, 3.05) is 0 Å². The van der Waals surface area contributed by atoms with Crippen molar-refractivity contribution in [3.8, 4) is 5.75 Å². The number of benzene rings is 1. The second-order valence-electron chi connectivity index (χ2n) is 7.61. The van der Waals surface area contributed by atoms with Gasteiger partial charge in [-0.05, 0) is 45.4 Å². The first kappa shape index (κ1) is 19.1. The summed E-state index contributed by atoms with van der Waals surface area (Å²) in [4.78, 5) is 36.9. The van der Waals surface area contributed by atoms with E-state index in [2.05, 4.69) is 0 Å². The van der Waals surface area contributed by atoms with E-state index in [1.165, 1.54) is 13.0 Å². The van der Waals surface area contributed by atoms with Crippen LogP contribution in [0.2, 0.25) is 0 Å². The Balaban J connectivity index is 2.20. The van der Waals surface area contributed by atoms with Crippen molar-refractivity contribution in [2.45, 2.75) is 58.7 Å². The Hall–Kier alpha value is -2.63. The molecule has 0 amide bonds. The molecule has 1 aromatic heterocycles. The van der Waals surface area contributed by atoms with Gasteiger partial charge in [0.2, 0.25) is 0 Å². The van der Waals surface area contributed by atoms with Crippen molar-refractivity contribution in [3.63, 3.8) is 0 Å². The van der Waals surface area contributed by atoms with Gasteiger partial charge in [0.1, 0.15) is 22.7 Å². The fourth-order valence-corrected chi connectivity index (χ4v) is 3.45. The summed E-state index contributed by atoms with van der Waals surface area (Å²) in [5.74, 6) is -1.19. The molecule has 6 nitrogen and oxygen atoms in total. The molecule has 1 unspecified atom stereocenters. The fraction of sp³-hybridized carbons (Fsp3) is 0.476. The topological polar surface area (TPSA) is 82.8 Å². The number of carbonyl (C=O) groups is 2. The molecule has 0 saturated heterocycles. The van der Waals surface area contributed by atoms with Gasteiger partial charge in [-0.1, -0.05) is 13.8 Å². The summed E-state index contributed by atoms with van der Waals surface area (Å²) in [5.41, 5.74) is -0.690. The molecule has 0 aliphatic carbocycles. The molecule has 0 fully saturated rings. The predicted octanol–water partition coefficient (Wildman–Crippen LogP) is 3.59. The molecule has 1 aromatic carbocycles. The van der Waals surface area contributed by atoms with Gasteiger partial charge in [-0.3, -0.25) is 9.59 Å². The molecule has 6 heteroatoms. The highest BCUT2D eigenvalue weighted by Gasteiger charge is 2.50. The van der Waals surface area contributed by atoms with Crippen LogP contribution in [0.4, 0.5) is 0 Å². The van der Waals surface area contributed by atoms with E-state index in [1.54, 1.807) is 39.0 Å². The third-order valence-electron chi connectivity index (χ3n) is 5.16. The summed E-state index contributed by atoms with van der Waals surface area (Å²) >= 11 is 0. The largest absolute Gasteiger partial charge is 0.483 e. The maximum absolute atomic E-state index is 12.6. The summed E-state index contributed by atoms with van der Waals surface area (Å²) in [7, 11) is 0. The van der Waals surface area contributed by atoms with Gasteiger partial charge in [-0.15, -0.1) is 0 Å². The number of ketones is 1. The second-order valence-corrected chi connectivity index (χ2v) is 7.61. The summed E-state index contributed by atoms with van der Waals surface area (Å²) in [6.07, 6.45) is -0.202. The van der Waals surface area contributed by atoms with E-state index in [4.69, 9.17) is 13.9 Å². The highest BCUT2D eigenvalue weighted by Crippen LogP contribution is 2.46. The number of carbonyl (C=O) groups excluding carboxylic acids is 2. The van der Waals surface area contributed by atoms with Gasteiger partial charge in [-0.25, -0.2) is 4.79 Å². The summed E-state index contributed by atoms with van der Waals surface area (Å²) in [6, 6.07) is 6.49. The van der Waals surface area contributed by atoms with Crippen molar-refractivity contribution in [2.24, 2.45) is 5.92 Å². The number of hydrogen-bond donors (Lipinski definition) is 0. The molecule has 1 aliphatic rings. The molecule has 2 aromatic rings. The van der Waals surface area contributed by atoms with E-state index < -0.39 is 23.2 Å². The predicted molar refractivity (Wildman–Crippen MR) is 99.9 cm³/mol. The van der Waals surface area contributed by atoms with Crippen molar-refractivity contribution in [3.05, 3.63) is 40.2 Å². The highest BCUT2D eigenvalue weighted by molar-refractivity contribution is 5.93. The lowest BCUT2D eigenvalue weighted by molar-refractivity contribution is -0.170. The maximum Gasteiger partial charge on any atom is 0.336 e. The minimum atomic E-state index is -0.921. The molecular formula is C21H24O6. The van der Waals surface area contributed by atoms with Crippen LogP contribution in [-0.2, 0) is 14.3 Å². The molecule has 27 heavy (non-hydrogen) atoms. The van der Waals surface area contributed by atoms with Crippen LogP contribution < -0.4 is 10.4 Å². The molecular weight excluding hydrogens is 348 g/mol. The maximum atomic E-state index is 12.6. The van der Waals surface area contributed by atoms with Crippen LogP contribution in [0.1, 0.15) is 52.5 Å². The monoisotopic (exact) mass is 372 g/mol. The smallest absolute Gasteiger partial charge is 0.336 e. The summed E-state index contributed by atoms with van der Waals surface area (Å²) < 4.78 is 17.3. The molecule has 0 N–H and O–H groups in total. The average molecular weight is 372 g/mol. The van der Waals surface area contributed by atoms with Gasteiger partial charge in [0.05, 0.1) is 17.4 Å². The Bertz CT molecular complexity index is 955. The Morgan fingerprint density at radius 3 is 2.52 bits per heavy atom. The van der Waals surface area contributed by atoms with E-state index in [0.29, 0.717) is 28.7 Å². The summed E-state index contributed by atoms with van der Waals surface area (Å²) in [6.45, 7) is 8.69. The summed E-state index contributed by atoms with van der Waals surface area (Å²) in [5, 5.41) is 0.676. The fourth-order valence-electron chi connectivity index (χ4n) is 3.45. The zero-order valence-corrected chi connectivity index (χ0v) is 16.2. The quantitative estimate of drug-likeness (QED) is 0.602. The highest BCUT2D eigenvalue weighted by atomic mass is 16.6. The third-order valence-corrected chi connectivity index (χ3v) is 5.16. The van der Waals surface area contributed by atoms with Crippen LogP contribution >= 0.6 is 0 Å². The Kier molecular flexibility index (Phi) is 4.84. The van der Waals surface area contributed by atoms with Crippen molar-refractivity contribution < 1.29 is 23.5 Å². The molecule has 0 spiro atoms. The molecule has 1 aliphatic heterocycles. The number of ether oxygens (including phenoxy) is 2. The van der Waals surface area contributed by atoms with Crippen LogP contribution in [0.3, 0.4) is 0 Å². The Morgan fingerprint density at radius 1 is 1.22 bits per heavy atom. The van der Waals surface area contributed by atoms with E-state index in [9.17, 15) is 14.4 Å². The van der Waals surface area contributed by atoms with Crippen LogP contribution in [-0.4, -0.2) is 23.5 Å². The minimum absolute atomic E-state index is 0.187. The van der Waals surface area contributed by atoms with Gasteiger partial charge in [0.15, 0.2) is 6.10 Å². The van der Waals surface area contributed by atoms with Gasteiger partial charge in [0, 0.05) is 11.5 Å². The standard InChI is InChI=1S/C21H24O6/c1-6-11(2)20(24)26-19-16(12(3)22)17-14(27-21(19,4)5)9-7-13-8-10-15(23)25-18(13)17/h7-11,16,19H,6H2,1-5H3/t11?,16-,19-/m0/s1. The van der Waals surface area contributed by atoms with E-state index >= 15 is 0 Å². The first-order valence-corrected chi connectivity index (χ1v) is 9.12. The second kappa shape index (κ2) is 6.83. The van der Waals surface area contributed by atoms with Crippen molar-refractivity contribution in [1.82, 2.24) is 0 Å². The first-order valence-electron chi connectivity index (χ1n) is 9.12. The SMILES string of the molecule is CCC(C)C(=O)O[C@H]1[C@@H](C(C)=O)c2c(ccc3ccc(=O)oc23)OC1(C)C. The van der Waals surface area contributed by atoms with Crippen LogP contribution in [0.25, 0.3) is 11.0 Å². The van der Waals surface area contributed by atoms with E-state index in [0.717, 1.165) is 0 Å². The van der Waals surface area contributed by atoms with Gasteiger partial charge in [-0.2, -0.15) is 0 Å². The lowest BCUT2D eigenvalue weighted by Crippen LogP contribution is -2.53. The number of esters is 1. The molecule has 3 rings (SSSR count). The molecule has 0 saturated carbocycles. The lowest BCUT2D eigenvalue weighted by atomic mass is 9.78. The van der Waals surface area contributed by atoms with Gasteiger partial charge < -0.3 is 13.9 Å². The minimum Gasteiger partial charge on any atom is -0.483 e.